The van der Waals surface area contributed by atoms with Crippen molar-refractivity contribution in [1.82, 2.24) is 4.90 Å². The molecule has 306 valence electrons. The van der Waals surface area contributed by atoms with Crippen LogP contribution in [-0.2, 0) is 20.7 Å². The van der Waals surface area contributed by atoms with Crippen LogP contribution in [0.3, 0.4) is 0 Å². The highest BCUT2D eigenvalue weighted by atomic mass is 16.6. The lowest BCUT2D eigenvalue weighted by atomic mass is 9.49. The van der Waals surface area contributed by atoms with E-state index in [0.29, 0.717) is 80.4 Å². The van der Waals surface area contributed by atoms with Gasteiger partial charge in [0.1, 0.15) is 0 Å². The normalized spacial score (nSPS) is 40.4. The summed E-state index contributed by atoms with van der Waals surface area (Å²) >= 11 is 0. The topological polar surface area (TPSA) is 104 Å². The number of ketones is 1. The highest BCUT2D eigenvalue weighted by molar-refractivity contribution is 6.10. The van der Waals surface area contributed by atoms with Crippen LogP contribution in [0.2, 0.25) is 0 Å². The second kappa shape index (κ2) is 13.6. The summed E-state index contributed by atoms with van der Waals surface area (Å²) in [7, 11) is 0. The summed E-state index contributed by atoms with van der Waals surface area (Å²) in [5.41, 5.74) is -0.242. The molecule has 6 unspecified atom stereocenters. The molecule has 8 bridgehead atoms. The van der Waals surface area contributed by atoms with Gasteiger partial charge in [0.05, 0.1) is 23.7 Å². The van der Waals surface area contributed by atoms with Crippen molar-refractivity contribution in [3.63, 3.8) is 0 Å². The van der Waals surface area contributed by atoms with Gasteiger partial charge in [0.2, 0.25) is 0 Å². The first-order chi connectivity index (χ1) is 27.0. The number of fused-ring (bicyclic) bond motifs is 10. The fourth-order valence-electron chi connectivity index (χ4n) is 14.3. The van der Waals surface area contributed by atoms with Crippen LogP contribution in [0.15, 0.2) is 60.2 Å². The predicted molar refractivity (Wildman–Crippen MR) is 220 cm³/mol. The van der Waals surface area contributed by atoms with Crippen LogP contribution >= 0.6 is 0 Å². The van der Waals surface area contributed by atoms with E-state index in [9.17, 15) is 19.8 Å². The maximum absolute atomic E-state index is 15.7. The molecule has 0 radical (unpaired) electrons. The number of nitrogens with zero attached hydrogens (tertiary/aromatic N) is 1. The fraction of sp³-hybridized carbons (Fsp3) is 0.660. The molecule has 2 aromatic rings. The molecule has 9 aliphatic rings. The standard InChI is InChI=1S/C50H65NO6/c1-32-10-9-18-46(4)41(39-16-14-33(25-38(52)15-13-32)26-40(39)42(53)37-11-7-6-8-12-37)17-19-49(46,56)31-51(30-48-27-34-22-35(28-48)24-36(23-34)29-48)43(54)50-21-20-47(5,44(55)57-50)45(50,2)3/h6-8,10-12,14,16,26,34-36,38,41,52,56H,9,13,15,17-25,27-31H2,1-5H3. The Bertz CT molecular complexity index is 1950. The van der Waals surface area contributed by atoms with Gasteiger partial charge in [-0.1, -0.05) is 74.9 Å². The summed E-state index contributed by atoms with van der Waals surface area (Å²) in [5.74, 6) is 1.54. The van der Waals surface area contributed by atoms with Crippen molar-refractivity contribution >= 4 is 17.7 Å². The number of carbonyl (C=O) groups excluding carboxylic acids is 3. The zero-order valence-electron chi connectivity index (χ0n) is 35.1. The first kappa shape index (κ1) is 39.2. The summed E-state index contributed by atoms with van der Waals surface area (Å²) in [6.07, 6.45) is 14.7. The average Bonchev–Trinajstić information content (AvgIpc) is 3.60. The number of allylic oxidation sites excluding steroid dienone is 2. The number of aliphatic hydroxyl groups excluding tert-OH is 1. The SMILES string of the molecule is CC1=CCCC2(C)C(CCC2(O)CN(CC23CC4CC(CC(C4)C2)C3)C(=O)C23CCC(C)(C(=O)O2)C3(C)C)c2ccc(cc2C(=O)c2ccccc2)CC(O)CC1. The van der Waals surface area contributed by atoms with Gasteiger partial charge < -0.3 is 19.8 Å². The van der Waals surface area contributed by atoms with E-state index in [2.05, 4.69) is 32.1 Å². The van der Waals surface area contributed by atoms with Gasteiger partial charge in [-0.3, -0.25) is 14.4 Å². The van der Waals surface area contributed by atoms with E-state index in [1.165, 1.54) is 24.8 Å². The average molecular weight is 776 g/mol. The lowest BCUT2D eigenvalue weighted by molar-refractivity contribution is -0.181. The molecule has 2 N–H and O–H groups in total. The third kappa shape index (κ3) is 6.05. The zero-order valence-corrected chi connectivity index (χ0v) is 35.1. The van der Waals surface area contributed by atoms with E-state index < -0.39 is 33.6 Å². The van der Waals surface area contributed by atoms with Crippen molar-refractivity contribution in [1.29, 1.82) is 0 Å². The molecule has 7 nitrogen and oxygen atoms in total. The number of aliphatic hydroxyl groups is 2. The molecule has 7 fully saturated rings. The van der Waals surface area contributed by atoms with Crippen LogP contribution in [0.1, 0.15) is 157 Å². The second-order valence-electron chi connectivity index (χ2n) is 21.4. The number of hydrogen-bond acceptors (Lipinski definition) is 6. The second-order valence-corrected chi connectivity index (χ2v) is 21.4. The van der Waals surface area contributed by atoms with Gasteiger partial charge in [-0.2, -0.15) is 0 Å². The third-order valence-electron chi connectivity index (χ3n) is 17.8. The minimum atomic E-state index is -1.26. The van der Waals surface area contributed by atoms with Crippen LogP contribution in [0.25, 0.3) is 0 Å². The largest absolute Gasteiger partial charge is 0.448 e. The van der Waals surface area contributed by atoms with Gasteiger partial charge in [-0.15, -0.1) is 0 Å². The summed E-state index contributed by atoms with van der Waals surface area (Å²) in [4.78, 5) is 45.8. The van der Waals surface area contributed by atoms with Gasteiger partial charge >= 0.3 is 5.97 Å². The van der Waals surface area contributed by atoms with Gasteiger partial charge in [0, 0.05) is 28.5 Å². The zero-order chi connectivity index (χ0) is 40.2. The van der Waals surface area contributed by atoms with Crippen LogP contribution in [-0.4, -0.2) is 63.2 Å². The Balaban J connectivity index is 1.13. The van der Waals surface area contributed by atoms with Crippen LogP contribution in [0.5, 0.6) is 0 Å². The minimum Gasteiger partial charge on any atom is -0.448 e. The van der Waals surface area contributed by atoms with Crippen molar-refractivity contribution in [3.8, 4) is 0 Å². The summed E-state index contributed by atoms with van der Waals surface area (Å²) in [6.45, 7) is 11.2. The van der Waals surface area contributed by atoms with Crippen molar-refractivity contribution in [3.05, 3.63) is 82.4 Å². The van der Waals surface area contributed by atoms with Crippen LogP contribution < -0.4 is 0 Å². The Kier molecular flexibility index (Phi) is 9.37. The molecular weight excluding hydrogens is 711 g/mol. The van der Waals surface area contributed by atoms with E-state index in [0.717, 1.165) is 43.2 Å². The van der Waals surface area contributed by atoms with E-state index in [1.54, 1.807) is 0 Å². The number of rotatable bonds is 7. The first-order valence-corrected chi connectivity index (χ1v) is 22.3. The maximum Gasteiger partial charge on any atom is 0.313 e. The molecule has 1 amide bonds. The van der Waals surface area contributed by atoms with Gasteiger partial charge in [-0.25, -0.2) is 0 Å². The molecule has 2 aromatic carbocycles. The molecule has 1 aliphatic heterocycles. The Morgan fingerprint density at radius 3 is 2.18 bits per heavy atom. The van der Waals surface area contributed by atoms with Gasteiger partial charge in [-0.05, 0) is 156 Å². The first-order valence-electron chi connectivity index (χ1n) is 22.3. The fourth-order valence-corrected chi connectivity index (χ4v) is 14.3. The molecule has 11 rings (SSSR count). The smallest absolute Gasteiger partial charge is 0.313 e. The number of carbonyl (C=O) groups is 3. The predicted octanol–water partition coefficient (Wildman–Crippen LogP) is 9.12. The Morgan fingerprint density at radius 1 is 0.860 bits per heavy atom. The maximum atomic E-state index is 15.7. The molecule has 6 saturated carbocycles. The monoisotopic (exact) mass is 775 g/mol. The quantitative estimate of drug-likeness (QED) is 0.165. The molecule has 1 heterocycles. The number of hydrogen-bond donors (Lipinski definition) is 2. The van der Waals surface area contributed by atoms with Crippen LogP contribution in [0.4, 0.5) is 0 Å². The molecule has 8 aliphatic carbocycles. The van der Waals surface area contributed by atoms with Gasteiger partial charge in [0.15, 0.2) is 11.4 Å². The molecule has 0 spiro atoms. The van der Waals surface area contributed by atoms with Crippen molar-refractivity contribution < 1.29 is 29.3 Å². The molecule has 57 heavy (non-hydrogen) atoms. The Hall–Kier alpha value is -3.29. The Labute approximate surface area is 340 Å². The third-order valence-corrected chi connectivity index (χ3v) is 17.8. The lowest BCUT2D eigenvalue weighted by Crippen LogP contribution is -2.63. The van der Waals surface area contributed by atoms with Crippen molar-refractivity contribution in [2.45, 2.75) is 154 Å². The summed E-state index contributed by atoms with van der Waals surface area (Å²) in [5, 5.41) is 24.6. The highest BCUT2D eigenvalue weighted by Crippen LogP contribution is 2.67. The van der Waals surface area contributed by atoms with Gasteiger partial charge in [0.25, 0.3) is 5.91 Å². The molecule has 6 atom stereocenters. The summed E-state index contributed by atoms with van der Waals surface area (Å²) in [6, 6.07) is 15.6. The number of amides is 1. The number of esters is 1. The van der Waals surface area contributed by atoms with Crippen LogP contribution in [0, 0.1) is 39.4 Å². The van der Waals surface area contributed by atoms with E-state index >= 15 is 4.79 Å². The molecule has 0 aromatic heterocycles. The van der Waals surface area contributed by atoms with E-state index in [-0.39, 0.29) is 35.5 Å². The molecule has 7 heteroatoms. The molecular formula is C50H65NO6. The number of benzene rings is 2. The lowest BCUT2D eigenvalue weighted by Gasteiger charge is -2.58. The van der Waals surface area contributed by atoms with Crippen molar-refractivity contribution in [2.75, 3.05) is 13.1 Å². The van der Waals surface area contributed by atoms with Crippen molar-refractivity contribution in [2.24, 2.45) is 39.4 Å². The van der Waals surface area contributed by atoms with E-state index in [4.69, 9.17) is 4.74 Å². The van der Waals surface area contributed by atoms with E-state index in [1.807, 2.05) is 62.1 Å². The number of ether oxygens (including phenoxy) is 1. The highest BCUT2D eigenvalue weighted by Gasteiger charge is 2.76. The molecule has 1 saturated heterocycles. The minimum absolute atomic E-state index is 0.0176. The summed E-state index contributed by atoms with van der Waals surface area (Å²) < 4.78 is 6.32. The Morgan fingerprint density at radius 2 is 1.54 bits per heavy atom.